The van der Waals surface area contributed by atoms with Crippen LogP contribution in [0, 0.1) is 5.82 Å². The molecular formula is C16H18ClFN2O. The number of rotatable bonds is 5. The first-order valence-electron chi connectivity index (χ1n) is 6.75. The lowest BCUT2D eigenvalue weighted by Gasteiger charge is -2.19. The molecule has 0 amide bonds. The average Bonchev–Trinajstić information content (AvgIpc) is 2.44. The SMILES string of the molecule is CCOc1cc(NC(C)c2ccccc2Cl)c(N)cc1F. The average molecular weight is 309 g/mol. The number of hydrogen-bond donors (Lipinski definition) is 2. The fourth-order valence-electron chi connectivity index (χ4n) is 2.10. The fourth-order valence-corrected chi connectivity index (χ4v) is 2.40. The molecule has 0 saturated carbocycles. The predicted molar refractivity (Wildman–Crippen MR) is 85.5 cm³/mol. The maximum Gasteiger partial charge on any atom is 0.167 e. The van der Waals surface area contributed by atoms with Gasteiger partial charge in [0.2, 0.25) is 0 Å². The van der Waals surface area contributed by atoms with E-state index in [1.807, 2.05) is 31.2 Å². The highest BCUT2D eigenvalue weighted by atomic mass is 35.5. The minimum atomic E-state index is -0.467. The van der Waals surface area contributed by atoms with Crippen LogP contribution in [0.4, 0.5) is 15.8 Å². The van der Waals surface area contributed by atoms with Crippen molar-refractivity contribution in [3.05, 3.63) is 52.8 Å². The van der Waals surface area contributed by atoms with Crippen LogP contribution in [0.2, 0.25) is 5.02 Å². The highest BCUT2D eigenvalue weighted by Gasteiger charge is 2.13. The predicted octanol–water partition coefficient (Wildman–Crippen LogP) is 4.63. The number of ether oxygens (including phenoxy) is 1. The normalized spacial score (nSPS) is 12.0. The molecule has 5 heteroatoms. The summed E-state index contributed by atoms with van der Waals surface area (Å²) in [5, 5.41) is 3.91. The molecule has 2 aromatic carbocycles. The van der Waals surface area contributed by atoms with Gasteiger partial charge in [-0.1, -0.05) is 29.8 Å². The molecule has 1 atom stereocenters. The van der Waals surface area contributed by atoms with E-state index < -0.39 is 5.82 Å². The summed E-state index contributed by atoms with van der Waals surface area (Å²) >= 11 is 6.18. The summed E-state index contributed by atoms with van der Waals surface area (Å²) in [6, 6.07) is 10.3. The summed E-state index contributed by atoms with van der Waals surface area (Å²) in [7, 11) is 0. The zero-order valence-electron chi connectivity index (χ0n) is 12.0. The van der Waals surface area contributed by atoms with Gasteiger partial charge in [0.15, 0.2) is 11.6 Å². The molecule has 2 aromatic rings. The minimum absolute atomic E-state index is 0.0686. The Hall–Kier alpha value is -1.94. The van der Waals surface area contributed by atoms with Crippen LogP contribution in [0.5, 0.6) is 5.75 Å². The maximum atomic E-state index is 13.7. The zero-order chi connectivity index (χ0) is 15.4. The highest BCUT2D eigenvalue weighted by Crippen LogP contribution is 2.32. The Morgan fingerprint density at radius 2 is 2.05 bits per heavy atom. The zero-order valence-corrected chi connectivity index (χ0v) is 12.7. The molecule has 1 unspecified atom stereocenters. The van der Waals surface area contributed by atoms with Crippen LogP contribution in [0.15, 0.2) is 36.4 Å². The molecule has 0 aromatic heterocycles. The summed E-state index contributed by atoms with van der Waals surface area (Å²) in [4.78, 5) is 0. The van der Waals surface area contributed by atoms with E-state index in [1.54, 1.807) is 13.0 Å². The second-order valence-electron chi connectivity index (χ2n) is 4.69. The molecule has 0 heterocycles. The lowest BCUT2D eigenvalue weighted by atomic mass is 10.1. The standard InChI is InChI=1S/C16H18ClFN2O/c1-3-21-16-9-15(14(19)8-13(16)18)20-10(2)11-6-4-5-7-12(11)17/h4-10,20H,3,19H2,1-2H3. The van der Waals surface area contributed by atoms with E-state index >= 15 is 0 Å². The Morgan fingerprint density at radius 1 is 1.33 bits per heavy atom. The maximum absolute atomic E-state index is 13.7. The molecule has 0 fully saturated rings. The molecule has 0 spiro atoms. The smallest absolute Gasteiger partial charge is 0.167 e. The van der Waals surface area contributed by atoms with Gasteiger partial charge < -0.3 is 15.8 Å². The van der Waals surface area contributed by atoms with Crippen LogP contribution in [-0.4, -0.2) is 6.61 Å². The molecule has 0 aliphatic carbocycles. The lowest BCUT2D eigenvalue weighted by Crippen LogP contribution is -2.09. The summed E-state index contributed by atoms with van der Waals surface area (Å²) in [5.41, 5.74) is 7.75. The van der Waals surface area contributed by atoms with Crippen LogP contribution in [0.3, 0.4) is 0 Å². The van der Waals surface area contributed by atoms with Crippen molar-refractivity contribution < 1.29 is 9.13 Å². The summed E-state index contributed by atoms with van der Waals surface area (Å²) < 4.78 is 18.9. The van der Waals surface area contributed by atoms with Crippen molar-refractivity contribution in [2.24, 2.45) is 0 Å². The van der Waals surface area contributed by atoms with Gasteiger partial charge in [0, 0.05) is 17.2 Å². The summed E-state index contributed by atoms with van der Waals surface area (Å²) in [5.74, 6) is -0.286. The Bertz CT molecular complexity index is 634. The molecule has 0 aliphatic heterocycles. The number of halogens is 2. The lowest BCUT2D eigenvalue weighted by molar-refractivity contribution is 0.322. The number of benzene rings is 2. The van der Waals surface area contributed by atoms with Crippen molar-refractivity contribution >= 4 is 23.0 Å². The van der Waals surface area contributed by atoms with Crippen molar-refractivity contribution in [2.75, 3.05) is 17.7 Å². The third-order valence-corrected chi connectivity index (χ3v) is 3.49. The Labute approximate surface area is 128 Å². The molecule has 3 nitrogen and oxygen atoms in total. The molecule has 112 valence electrons. The van der Waals surface area contributed by atoms with E-state index in [9.17, 15) is 4.39 Å². The van der Waals surface area contributed by atoms with Crippen molar-refractivity contribution in [3.8, 4) is 5.75 Å². The molecule has 21 heavy (non-hydrogen) atoms. The van der Waals surface area contributed by atoms with Crippen molar-refractivity contribution in [1.29, 1.82) is 0 Å². The molecular weight excluding hydrogens is 291 g/mol. The second-order valence-corrected chi connectivity index (χ2v) is 5.10. The largest absolute Gasteiger partial charge is 0.491 e. The van der Waals surface area contributed by atoms with E-state index in [0.717, 1.165) is 5.56 Å². The van der Waals surface area contributed by atoms with Gasteiger partial charge >= 0.3 is 0 Å². The first kappa shape index (κ1) is 15.4. The topological polar surface area (TPSA) is 47.3 Å². The third-order valence-electron chi connectivity index (χ3n) is 3.15. The van der Waals surface area contributed by atoms with Crippen LogP contribution in [-0.2, 0) is 0 Å². The highest BCUT2D eigenvalue weighted by molar-refractivity contribution is 6.31. The second kappa shape index (κ2) is 6.68. The Balaban J connectivity index is 2.27. The molecule has 0 saturated heterocycles. The van der Waals surface area contributed by atoms with Crippen molar-refractivity contribution in [1.82, 2.24) is 0 Å². The van der Waals surface area contributed by atoms with Gasteiger partial charge in [0.1, 0.15) is 0 Å². The molecule has 2 rings (SSSR count). The van der Waals surface area contributed by atoms with E-state index in [4.69, 9.17) is 22.1 Å². The van der Waals surface area contributed by atoms with Crippen molar-refractivity contribution in [2.45, 2.75) is 19.9 Å². The first-order chi connectivity index (χ1) is 10.0. The first-order valence-corrected chi connectivity index (χ1v) is 7.13. The molecule has 0 aliphatic rings. The minimum Gasteiger partial charge on any atom is -0.491 e. The van der Waals surface area contributed by atoms with Crippen molar-refractivity contribution in [3.63, 3.8) is 0 Å². The van der Waals surface area contributed by atoms with Gasteiger partial charge in [-0.3, -0.25) is 0 Å². The van der Waals surface area contributed by atoms with Crippen LogP contribution in [0.25, 0.3) is 0 Å². The monoisotopic (exact) mass is 308 g/mol. The van der Waals surface area contributed by atoms with Crippen LogP contribution >= 0.6 is 11.6 Å². The number of hydrogen-bond acceptors (Lipinski definition) is 3. The quantitative estimate of drug-likeness (QED) is 0.791. The van der Waals surface area contributed by atoms with E-state index in [0.29, 0.717) is 23.0 Å². The van der Waals surface area contributed by atoms with Crippen LogP contribution in [0.1, 0.15) is 25.5 Å². The number of nitrogens with two attached hydrogens (primary N) is 1. The molecule has 3 N–H and O–H groups in total. The van der Waals surface area contributed by atoms with Crippen LogP contribution < -0.4 is 15.8 Å². The van der Waals surface area contributed by atoms with Gasteiger partial charge in [-0.25, -0.2) is 4.39 Å². The van der Waals surface area contributed by atoms with E-state index in [-0.39, 0.29) is 11.8 Å². The molecule has 0 radical (unpaired) electrons. The van der Waals surface area contributed by atoms with Gasteiger partial charge in [-0.2, -0.15) is 0 Å². The van der Waals surface area contributed by atoms with E-state index in [1.165, 1.54) is 6.07 Å². The Morgan fingerprint density at radius 3 is 2.71 bits per heavy atom. The fraction of sp³-hybridized carbons (Fsp3) is 0.250. The summed E-state index contributed by atoms with van der Waals surface area (Å²) in [6.45, 7) is 4.15. The van der Waals surface area contributed by atoms with Gasteiger partial charge in [-0.15, -0.1) is 0 Å². The summed E-state index contributed by atoms with van der Waals surface area (Å²) in [6.07, 6.45) is 0. The van der Waals surface area contributed by atoms with Gasteiger partial charge in [-0.05, 0) is 25.5 Å². The van der Waals surface area contributed by atoms with Gasteiger partial charge in [0.25, 0.3) is 0 Å². The number of nitrogen functional groups attached to an aromatic ring is 1. The number of nitrogens with one attached hydrogen (secondary N) is 1. The van der Waals surface area contributed by atoms with Gasteiger partial charge in [0.05, 0.1) is 24.0 Å². The molecule has 0 bridgehead atoms. The Kier molecular flexibility index (Phi) is 4.91. The third kappa shape index (κ3) is 3.58. The van der Waals surface area contributed by atoms with E-state index in [2.05, 4.69) is 5.32 Å². The number of anilines is 2.